The number of hydrogen-bond donors (Lipinski definition) is 0. The molecule has 0 spiro atoms. The van der Waals surface area contributed by atoms with Crippen LogP contribution >= 0.6 is 0 Å². The zero-order valence-electron chi connectivity index (χ0n) is 11.3. The third-order valence-electron chi connectivity index (χ3n) is 2.88. The number of ether oxygens (including phenoxy) is 1. The standard InChI is InChI=1S/C14H26O2/c1-5-8-9-10-11-16-14(15)13(7-3)12(4)6-2/h5-11H2,1-4H3. The highest BCUT2D eigenvalue weighted by Crippen LogP contribution is 2.13. The summed E-state index contributed by atoms with van der Waals surface area (Å²) in [4.78, 5) is 11.7. The number of esters is 1. The molecule has 0 rings (SSSR count). The van der Waals surface area contributed by atoms with E-state index in [0.29, 0.717) is 6.61 Å². The molecule has 0 aliphatic rings. The molecule has 0 unspecified atom stereocenters. The minimum Gasteiger partial charge on any atom is -0.462 e. The maximum Gasteiger partial charge on any atom is 0.333 e. The van der Waals surface area contributed by atoms with Gasteiger partial charge in [-0.2, -0.15) is 0 Å². The van der Waals surface area contributed by atoms with Gasteiger partial charge in [-0.15, -0.1) is 0 Å². The first kappa shape index (κ1) is 15.2. The minimum atomic E-state index is -0.113. The lowest BCUT2D eigenvalue weighted by Crippen LogP contribution is -2.10. The lowest BCUT2D eigenvalue weighted by Gasteiger charge is -2.09. The zero-order valence-corrected chi connectivity index (χ0v) is 11.3. The van der Waals surface area contributed by atoms with E-state index in [2.05, 4.69) is 13.8 Å². The van der Waals surface area contributed by atoms with Crippen LogP contribution in [0.5, 0.6) is 0 Å². The molecule has 0 aromatic heterocycles. The van der Waals surface area contributed by atoms with Crippen LogP contribution in [0.4, 0.5) is 0 Å². The van der Waals surface area contributed by atoms with Crippen LogP contribution in [0.25, 0.3) is 0 Å². The van der Waals surface area contributed by atoms with Crippen LogP contribution in [-0.2, 0) is 9.53 Å². The highest BCUT2D eigenvalue weighted by molar-refractivity contribution is 5.89. The summed E-state index contributed by atoms with van der Waals surface area (Å²) in [5.74, 6) is -0.113. The molecule has 0 aliphatic carbocycles. The first-order valence-corrected chi connectivity index (χ1v) is 6.53. The molecule has 0 aromatic carbocycles. The molecule has 0 atom stereocenters. The highest BCUT2D eigenvalue weighted by Gasteiger charge is 2.11. The maximum atomic E-state index is 11.7. The molecule has 0 aromatic rings. The molecule has 16 heavy (non-hydrogen) atoms. The predicted octanol–water partition coefficient (Wildman–Crippen LogP) is 4.25. The van der Waals surface area contributed by atoms with Gasteiger partial charge in [-0.25, -0.2) is 4.79 Å². The molecule has 2 nitrogen and oxygen atoms in total. The smallest absolute Gasteiger partial charge is 0.333 e. The van der Waals surface area contributed by atoms with E-state index < -0.39 is 0 Å². The second-order valence-corrected chi connectivity index (χ2v) is 4.16. The first-order valence-electron chi connectivity index (χ1n) is 6.53. The topological polar surface area (TPSA) is 26.3 Å². The molecule has 0 N–H and O–H groups in total. The summed E-state index contributed by atoms with van der Waals surface area (Å²) >= 11 is 0. The van der Waals surface area contributed by atoms with Gasteiger partial charge in [0.1, 0.15) is 0 Å². The van der Waals surface area contributed by atoms with Gasteiger partial charge >= 0.3 is 5.97 Å². The molecule has 2 heteroatoms. The molecule has 0 amide bonds. The van der Waals surface area contributed by atoms with Gasteiger partial charge in [0, 0.05) is 5.57 Å². The monoisotopic (exact) mass is 226 g/mol. The number of unbranched alkanes of at least 4 members (excludes halogenated alkanes) is 3. The van der Waals surface area contributed by atoms with E-state index in [1.54, 1.807) is 0 Å². The summed E-state index contributed by atoms with van der Waals surface area (Å²) in [7, 11) is 0. The lowest BCUT2D eigenvalue weighted by atomic mass is 10.1. The van der Waals surface area contributed by atoms with Crippen molar-refractivity contribution in [3.05, 3.63) is 11.1 Å². The fraction of sp³-hybridized carbons (Fsp3) is 0.786. The van der Waals surface area contributed by atoms with E-state index in [4.69, 9.17) is 4.74 Å². The van der Waals surface area contributed by atoms with Crippen LogP contribution in [0.15, 0.2) is 11.1 Å². The van der Waals surface area contributed by atoms with E-state index in [0.717, 1.165) is 36.8 Å². The van der Waals surface area contributed by atoms with Gasteiger partial charge in [0.05, 0.1) is 6.61 Å². The average molecular weight is 226 g/mol. The SMILES string of the molecule is CCCCCCOC(=O)C(CC)=C(C)CC. The Morgan fingerprint density at radius 2 is 1.69 bits per heavy atom. The largest absolute Gasteiger partial charge is 0.462 e. The van der Waals surface area contributed by atoms with Crippen LogP contribution in [0.2, 0.25) is 0 Å². The number of carbonyl (C=O) groups excluding carboxylic acids is 1. The van der Waals surface area contributed by atoms with E-state index in [-0.39, 0.29) is 5.97 Å². The summed E-state index contributed by atoms with van der Waals surface area (Å²) in [6.45, 7) is 8.83. The molecule has 94 valence electrons. The van der Waals surface area contributed by atoms with Crippen molar-refractivity contribution >= 4 is 5.97 Å². The van der Waals surface area contributed by atoms with Crippen LogP contribution < -0.4 is 0 Å². The Hall–Kier alpha value is -0.790. The van der Waals surface area contributed by atoms with E-state index in [9.17, 15) is 4.79 Å². The Labute approximate surface area is 100 Å². The molecule has 0 saturated heterocycles. The van der Waals surface area contributed by atoms with Crippen LogP contribution in [0, 0.1) is 0 Å². The number of rotatable bonds is 8. The van der Waals surface area contributed by atoms with Crippen molar-refractivity contribution in [1.29, 1.82) is 0 Å². The van der Waals surface area contributed by atoms with Crippen molar-refractivity contribution in [1.82, 2.24) is 0 Å². The second kappa shape index (κ2) is 9.44. The van der Waals surface area contributed by atoms with Crippen molar-refractivity contribution in [2.45, 2.75) is 66.2 Å². The predicted molar refractivity (Wildman–Crippen MR) is 68.4 cm³/mol. The van der Waals surface area contributed by atoms with Gasteiger partial charge < -0.3 is 4.74 Å². The fourth-order valence-electron chi connectivity index (χ4n) is 1.61. The molecule has 0 saturated carbocycles. The van der Waals surface area contributed by atoms with Gasteiger partial charge in [-0.1, -0.05) is 45.6 Å². The Balaban J connectivity index is 3.95. The first-order chi connectivity index (χ1) is 7.67. The Kier molecular flexibility index (Phi) is 8.97. The molecule has 0 radical (unpaired) electrons. The van der Waals surface area contributed by atoms with Crippen LogP contribution in [0.3, 0.4) is 0 Å². The number of carbonyl (C=O) groups is 1. The molecular weight excluding hydrogens is 200 g/mol. The van der Waals surface area contributed by atoms with Gasteiger partial charge in [0.2, 0.25) is 0 Å². The van der Waals surface area contributed by atoms with Crippen molar-refractivity contribution < 1.29 is 9.53 Å². The Morgan fingerprint density at radius 3 is 2.19 bits per heavy atom. The third kappa shape index (κ3) is 5.94. The molecule has 0 fully saturated rings. The quantitative estimate of drug-likeness (QED) is 0.351. The molecule has 0 aliphatic heterocycles. The summed E-state index contributed by atoms with van der Waals surface area (Å²) in [6, 6.07) is 0. The molecule has 0 bridgehead atoms. The van der Waals surface area contributed by atoms with Gasteiger partial charge in [0.15, 0.2) is 0 Å². The van der Waals surface area contributed by atoms with Crippen molar-refractivity contribution in [2.24, 2.45) is 0 Å². The normalized spacial score (nSPS) is 12.2. The Bertz CT molecular complexity index is 229. The van der Waals surface area contributed by atoms with E-state index in [1.165, 1.54) is 12.8 Å². The highest BCUT2D eigenvalue weighted by atomic mass is 16.5. The van der Waals surface area contributed by atoms with Gasteiger partial charge in [0.25, 0.3) is 0 Å². The Morgan fingerprint density at radius 1 is 1.00 bits per heavy atom. The number of allylic oxidation sites excluding steroid dienone is 1. The summed E-state index contributed by atoms with van der Waals surface area (Å²) < 4.78 is 5.27. The zero-order chi connectivity index (χ0) is 12.4. The van der Waals surface area contributed by atoms with Crippen molar-refractivity contribution in [2.75, 3.05) is 6.61 Å². The van der Waals surface area contributed by atoms with Gasteiger partial charge in [-0.3, -0.25) is 0 Å². The van der Waals surface area contributed by atoms with Gasteiger partial charge in [-0.05, 0) is 26.2 Å². The summed E-state index contributed by atoms with van der Waals surface area (Å²) in [5.41, 5.74) is 2.01. The fourth-order valence-corrected chi connectivity index (χ4v) is 1.61. The van der Waals surface area contributed by atoms with Crippen LogP contribution in [0.1, 0.15) is 66.2 Å². The molecule has 0 heterocycles. The van der Waals surface area contributed by atoms with E-state index >= 15 is 0 Å². The van der Waals surface area contributed by atoms with Crippen molar-refractivity contribution in [3.63, 3.8) is 0 Å². The second-order valence-electron chi connectivity index (χ2n) is 4.16. The maximum absolute atomic E-state index is 11.7. The molecular formula is C14H26O2. The average Bonchev–Trinajstić information content (AvgIpc) is 2.29. The third-order valence-corrected chi connectivity index (χ3v) is 2.88. The minimum absolute atomic E-state index is 0.113. The van der Waals surface area contributed by atoms with Crippen LogP contribution in [-0.4, -0.2) is 12.6 Å². The van der Waals surface area contributed by atoms with E-state index in [1.807, 2.05) is 13.8 Å². The summed E-state index contributed by atoms with van der Waals surface area (Å²) in [5, 5.41) is 0. The van der Waals surface area contributed by atoms with Crippen molar-refractivity contribution in [3.8, 4) is 0 Å². The number of hydrogen-bond acceptors (Lipinski definition) is 2. The summed E-state index contributed by atoms with van der Waals surface area (Å²) in [6.07, 6.45) is 6.27. The lowest BCUT2D eigenvalue weighted by molar-refractivity contribution is -0.139.